The summed E-state index contributed by atoms with van der Waals surface area (Å²) in [5.41, 5.74) is 5.92. The van der Waals surface area contributed by atoms with Crippen molar-refractivity contribution in [1.29, 1.82) is 0 Å². The van der Waals surface area contributed by atoms with Gasteiger partial charge in [-0.15, -0.1) is 0 Å². The summed E-state index contributed by atoms with van der Waals surface area (Å²) in [6.45, 7) is 0. The third-order valence-corrected chi connectivity index (χ3v) is 4.76. The fourth-order valence-electron chi connectivity index (χ4n) is 1.68. The molecule has 2 rings (SSSR count). The van der Waals surface area contributed by atoms with E-state index in [-0.39, 0.29) is 26.3 Å². The van der Waals surface area contributed by atoms with E-state index in [1.807, 2.05) is 0 Å². The van der Waals surface area contributed by atoms with E-state index in [0.29, 0.717) is 5.75 Å². The Kier molecular flexibility index (Phi) is 4.51. The first kappa shape index (κ1) is 15.8. The molecule has 0 unspecified atom stereocenters. The first-order chi connectivity index (χ1) is 9.85. The van der Waals surface area contributed by atoms with Crippen LogP contribution in [0.25, 0.3) is 0 Å². The molecule has 0 spiro atoms. The summed E-state index contributed by atoms with van der Waals surface area (Å²) >= 11 is 11.9. The van der Waals surface area contributed by atoms with Gasteiger partial charge in [0.25, 0.3) is 10.0 Å². The predicted octanol–water partition coefficient (Wildman–Crippen LogP) is 3.39. The van der Waals surface area contributed by atoms with E-state index in [2.05, 4.69) is 4.72 Å². The molecule has 0 aromatic heterocycles. The fourth-order valence-corrected chi connectivity index (χ4v) is 3.50. The van der Waals surface area contributed by atoms with Crippen LogP contribution in [-0.2, 0) is 10.0 Å². The van der Waals surface area contributed by atoms with E-state index in [1.165, 1.54) is 37.4 Å². The molecule has 0 aliphatic carbocycles. The molecule has 0 atom stereocenters. The van der Waals surface area contributed by atoms with Crippen molar-refractivity contribution < 1.29 is 13.2 Å². The molecule has 8 heteroatoms. The van der Waals surface area contributed by atoms with Gasteiger partial charge in [-0.1, -0.05) is 29.3 Å². The van der Waals surface area contributed by atoms with Crippen molar-refractivity contribution in [2.24, 2.45) is 0 Å². The molecular formula is C13H12Cl2N2O3S. The molecule has 2 aromatic carbocycles. The molecule has 0 heterocycles. The molecule has 0 radical (unpaired) electrons. The molecule has 0 amide bonds. The highest BCUT2D eigenvalue weighted by atomic mass is 35.5. The maximum absolute atomic E-state index is 12.4. The Bertz CT molecular complexity index is 759. The van der Waals surface area contributed by atoms with Gasteiger partial charge in [0.15, 0.2) is 0 Å². The number of nitrogens with two attached hydrogens (primary N) is 1. The Labute approximate surface area is 132 Å². The van der Waals surface area contributed by atoms with Crippen LogP contribution in [0.1, 0.15) is 0 Å². The Morgan fingerprint density at radius 3 is 2.29 bits per heavy atom. The van der Waals surface area contributed by atoms with Crippen molar-refractivity contribution in [2.75, 3.05) is 17.6 Å². The largest absolute Gasteiger partial charge is 0.497 e. The minimum absolute atomic E-state index is 0.0602. The lowest BCUT2D eigenvalue weighted by Crippen LogP contribution is -2.15. The third kappa shape index (κ3) is 3.34. The minimum Gasteiger partial charge on any atom is -0.497 e. The second kappa shape index (κ2) is 6.01. The van der Waals surface area contributed by atoms with Crippen molar-refractivity contribution in [3.63, 3.8) is 0 Å². The van der Waals surface area contributed by atoms with Gasteiger partial charge in [-0.25, -0.2) is 8.42 Å². The van der Waals surface area contributed by atoms with Crippen LogP contribution in [0.5, 0.6) is 5.75 Å². The minimum atomic E-state index is -3.91. The Balaban J connectivity index is 2.44. The summed E-state index contributed by atoms with van der Waals surface area (Å²) in [6, 6.07) is 8.94. The number of benzene rings is 2. The molecule has 0 saturated carbocycles. The van der Waals surface area contributed by atoms with Gasteiger partial charge >= 0.3 is 0 Å². The molecule has 0 saturated heterocycles. The lowest BCUT2D eigenvalue weighted by atomic mass is 10.3. The Morgan fingerprint density at radius 1 is 1.14 bits per heavy atom. The second-order valence-electron chi connectivity index (χ2n) is 4.11. The van der Waals surface area contributed by atoms with Gasteiger partial charge in [-0.3, -0.25) is 4.72 Å². The van der Waals surface area contributed by atoms with Gasteiger partial charge in [0.05, 0.1) is 28.5 Å². The highest BCUT2D eigenvalue weighted by Crippen LogP contribution is 2.33. The van der Waals surface area contributed by atoms with Crippen molar-refractivity contribution >= 4 is 44.6 Å². The zero-order valence-corrected chi connectivity index (χ0v) is 13.3. The normalized spacial score (nSPS) is 11.2. The highest BCUT2D eigenvalue weighted by Gasteiger charge is 2.20. The second-order valence-corrected chi connectivity index (χ2v) is 6.57. The van der Waals surface area contributed by atoms with Crippen LogP contribution in [0.4, 0.5) is 11.4 Å². The zero-order chi connectivity index (χ0) is 15.6. The van der Waals surface area contributed by atoms with Gasteiger partial charge < -0.3 is 10.5 Å². The summed E-state index contributed by atoms with van der Waals surface area (Å²) in [4.78, 5) is -0.0840. The summed E-state index contributed by atoms with van der Waals surface area (Å²) in [7, 11) is -2.45. The molecule has 0 fully saturated rings. The van der Waals surface area contributed by atoms with Gasteiger partial charge in [-0.2, -0.15) is 0 Å². The van der Waals surface area contributed by atoms with E-state index < -0.39 is 10.0 Å². The number of halogens is 2. The van der Waals surface area contributed by atoms with E-state index >= 15 is 0 Å². The van der Waals surface area contributed by atoms with Crippen molar-refractivity contribution in [1.82, 2.24) is 0 Å². The number of para-hydroxylation sites is 1. The van der Waals surface area contributed by atoms with Gasteiger partial charge in [-0.05, 0) is 24.3 Å². The van der Waals surface area contributed by atoms with Crippen LogP contribution < -0.4 is 15.2 Å². The zero-order valence-electron chi connectivity index (χ0n) is 10.9. The number of rotatable bonds is 4. The average Bonchev–Trinajstić information content (AvgIpc) is 2.42. The number of ether oxygens (including phenoxy) is 1. The molecule has 0 bridgehead atoms. The molecule has 0 aliphatic heterocycles. The summed E-state index contributed by atoms with van der Waals surface area (Å²) in [6.07, 6.45) is 0. The van der Waals surface area contributed by atoms with Crippen molar-refractivity contribution in [3.05, 3.63) is 46.4 Å². The standard InChI is InChI=1S/C13H12Cl2N2O3S/c1-20-8-5-6-12(11(16)7-8)21(18,19)17-13-9(14)3-2-4-10(13)15/h2-7,17H,16H2,1H3. The number of nitrogens with one attached hydrogen (secondary N) is 1. The van der Waals surface area contributed by atoms with Crippen LogP contribution >= 0.6 is 23.2 Å². The van der Waals surface area contributed by atoms with Crippen molar-refractivity contribution in [2.45, 2.75) is 4.90 Å². The smallest absolute Gasteiger partial charge is 0.264 e. The Morgan fingerprint density at radius 2 is 1.76 bits per heavy atom. The van der Waals surface area contributed by atoms with Gasteiger partial charge in [0.2, 0.25) is 0 Å². The molecular weight excluding hydrogens is 335 g/mol. The summed E-state index contributed by atoms with van der Waals surface area (Å²) in [5.74, 6) is 0.460. The SMILES string of the molecule is COc1ccc(S(=O)(=O)Nc2c(Cl)cccc2Cl)c(N)c1. The van der Waals surface area contributed by atoms with Crippen LogP contribution in [0.2, 0.25) is 10.0 Å². The molecule has 21 heavy (non-hydrogen) atoms. The lowest BCUT2D eigenvalue weighted by molar-refractivity contribution is 0.414. The number of sulfonamides is 1. The van der Waals surface area contributed by atoms with E-state index in [0.717, 1.165) is 0 Å². The molecule has 0 aliphatic rings. The number of hydrogen-bond donors (Lipinski definition) is 2. The predicted molar refractivity (Wildman–Crippen MR) is 84.7 cm³/mol. The van der Waals surface area contributed by atoms with Gasteiger partial charge in [0, 0.05) is 6.07 Å². The monoisotopic (exact) mass is 346 g/mol. The molecule has 5 nitrogen and oxygen atoms in total. The van der Waals surface area contributed by atoms with Crippen LogP contribution in [0.3, 0.4) is 0 Å². The molecule has 112 valence electrons. The Hall–Kier alpha value is -1.63. The third-order valence-electron chi connectivity index (χ3n) is 2.71. The summed E-state index contributed by atoms with van der Waals surface area (Å²) < 4.78 is 32.1. The van der Waals surface area contributed by atoms with Crippen LogP contribution in [-0.4, -0.2) is 15.5 Å². The first-order valence-corrected chi connectivity index (χ1v) is 7.99. The fraction of sp³-hybridized carbons (Fsp3) is 0.0769. The quantitative estimate of drug-likeness (QED) is 0.831. The first-order valence-electron chi connectivity index (χ1n) is 5.75. The summed E-state index contributed by atoms with van der Waals surface area (Å²) in [5, 5.41) is 0.385. The van der Waals surface area contributed by atoms with Crippen LogP contribution in [0, 0.1) is 0 Å². The van der Waals surface area contributed by atoms with E-state index in [4.69, 9.17) is 33.7 Å². The van der Waals surface area contributed by atoms with Crippen LogP contribution in [0.15, 0.2) is 41.3 Å². The number of methoxy groups -OCH3 is 1. The van der Waals surface area contributed by atoms with Crippen molar-refractivity contribution in [3.8, 4) is 5.75 Å². The van der Waals surface area contributed by atoms with E-state index in [1.54, 1.807) is 6.07 Å². The topological polar surface area (TPSA) is 81.4 Å². The van der Waals surface area contributed by atoms with E-state index in [9.17, 15) is 8.42 Å². The number of anilines is 2. The maximum atomic E-state index is 12.4. The maximum Gasteiger partial charge on any atom is 0.264 e. The number of hydrogen-bond acceptors (Lipinski definition) is 4. The lowest BCUT2D eigenvalue weighted by Gasteiger charge is -2.13. The average molecular weight is 347 g/mol. The van der Waals surface area contributed by atoms with Gasteiger partial charge in [0.1, 0.15) is 10.6 Å². The molecule has 2 aromatic rings. The number of nitrogen functional groups attached to an aromatic ring is 1. The molecule has 3 N–H and O–H groups in total. The highest BCUT2D eigenvalue weighted by molar-refractivity contribution is 7.93.